The summed E-state index contributed by atoms with van der Waals surface area (Å²) in [7, 11) is 0. The number of aromatic nitrogens is 3. The zero-order valence-electron chi connectivity index (χ0n) is 11.5. The molecule has 3 rings (SSSR count). The van der Waals surface area contributed by atoms with Crippen molar-refractivity contribution in [1.82, 2.24) is 15.0 Å². The Morgan fingerprint density at radius 3 is 1.59 bits per heavy atom. The zero-order chi connectivity index (χ0) is 15.4. The third-order valence-corrected chi connectivity index (χ3v) is 3.06. The van der Waals surface area contributed by atoms with Gasteiger partial charge in [-0.15, -0.1) is 0 Å². The largest absolute Gasteiger partial charge is 0.287 e. The summed E-state index contributed by atoms with van der Waals surface area (Å²) in [5, 5.41) is 0. The second-order valence-corrected chi connectivity index (χ2v) is 4.55. The molecule has 3 aromatic rings. The molecule has 0 amide bonds. The van der Waals surface area contributed by atoms with Crippen LogP contribution in [0.3, 0.4) is 0 Å². The van der Waals surface area contributed by atoms with Crippen molar-refractivity contribution in [3.05, 3.63) is 89.8 Å². The lowest BCUT2D eigenvalue weighted by atomic mass is 10.1. The van der Waals surface area contributed by atoms with Crippen molar-refractivity contribution in [3.8, 4) is 0 Å². The second kappa shape index (κ2) is 6.05. The summed E-state index contributed by atoms with van der Waals surface area (Å²) in [5.41, 5.74) is 1.28. The van der Waals surface area contributed by atoms with Crippen molar-refractivity contribution in [2.75, 3.05) is 0 Å². The van der Waals surface area contributed by atoms with Gasteiger partial charge in [-0.05, 0) is 36.4 Å². The van der Waals surface area contributed by atoms with E-state index in [9.17, 15) is 9.59 Å². The Balaban J connectivity index is 1.94. The number of pyridine rings is 3. The number of hydrogen-bond acceptors (Lipinski definition) is 5. The maximum Gasteiger partial charge on any atom is 0.212 e. The van der Waals surface area contributed by atoms with Crippen molar-refractivity contribution in [3.63, 3.8) is 0 Å². The lowest BCUT2D eigenvalue weighted by Gasteiger charge is -2.03. The fourth-order valence-electron chi connectivity index (χ4n) is 1.98. The molecular formula is C17H11N3O2. The Kier molecular flexibility index (Phi) is 3.78. The van der Waals surface area contributed by atoms with Gasteiger partial charge in [0.2, 0.25) is 11.6 Å². The average Bonchev–Trinajstić information content (AvgIpc) is 2.62. The molecule has 5 nitrogen and oxygen atoms in total. The van der Waals surface area contributed by atoms with Gasteiger partial charge in [0.15, 0.2) is 0 Å². The summed E-state index contributed by atoms with van der Waals surface area (Å²) in [6, 6.07) is 11.5. The first-order valence-corrected chi connectivity index (χ1v) is 6.62. The Morgan fingerprint density at radius 1 is 0.682 bits per heavy atom. The molecule has 3 heterocycles. The van der Waals surface area contributed by atoms with E-state index in [-0.39, 0.29) is 23.0 Å². The minimum absolute atomic E-state index is 0.211. The third-order valence-electron chi connectivity index (χ3n) is 3.06. The second-order valence-electron chi connectivity index (χ2n) is 4.55. The Hall–Kier alpha value is -3.21. The summed E-state index contributed by atoms with van der Waals surface area (Å²) in [5.74, 6) is -0.539. The first-order valence-electron chi connectivity index (χ1n) is 6.62. The predicted molar refractivity (Wildman–Crippen MR) is 79.6 cm³/mol. The average molecular weight is 289 g/mol. The zero-order valence-corrected chi connectivity index (χ0v) is 11.5. The predicted octanol–water partition coefficient (Wildman–Crippen LogP) is 2.33. The van der Waals surface area contributed by atoms with E-state index < -0.39 is 0 Å². The molecule has 0 spiro atoms. The maximum absolute atomic E-state index is 12.3. The van der Waals surface area contributed by atoms with E-state index in [4.69, 9.17) is 0 Å². The fourth-order valence-corrected chi connectivity index (χ4v) is 1.98. The number of rotatable bonds is 4. The third kappa shape index (κ3) is 2.78. The van der Waals surface area contributed by atoms with Gasteiger partial charge >= 0.3 is 0 Å². The van der Waals surface area contributed by atoms with Crippen LogP contribution in [-0.4, -0.2) is 26.5 Å². The lowest BCUT2D eigenvalue weighted by molar-refractivity contribution is 0.103. The van der Waals surface area contributed by atoms with Crippen LogP contribution in [0.25, 0.3) is 0 Å². The number of hydrogen-bond donors (Lipinski definition) is 0. The monoisotopic (exact) mass is 289 g/mol. The highest BCUT2D eigenvalue weighted by Gasteiger charge is 2.15. The normalized spacial score (nSPS) is 10.2. The first kappa shape index (κ1) is 13.8. The molecule has 106 valence electrons. The molecule has 0 aliphatic heterocycles. The summed E-state index contributed by atoms with van der Waals surface area (Å²) in [6.45, 7) is 0. The van der Waals surface area contributed by atoms with Gasteiger partial charge in [0.25, 0.3) is 0 Å². The quantitative estimate of drug-likeness (QED) is 0.689. The van der Waals surface area contributed by atoms with Crippen molar-refractivity contribution >= 4 is 11.6 Å². The van der Waals surface area contributed by atoms with E-state index in [2.05, 4.69) is 15.0 Å². The van der Waals surface area contributed by atoms with Crippen molar-refractivity contribution in [2.24, 2.45) is 0 Å². The molecule has 0 bridgehead atoms. The first-order chi connectivity index (χ1) is 10.8. The minimum Gasteiger partial charge on any atom is -0.287 e. The molecule has 0 aromatic carbocycles. The summed E-state index contributed by atoms with van der Waals surface area (Å²) in [4.78, 5) is 36.7. The molecule has 0 aliphatic carbocycles. The van der Waals surface area contributed by atoms with E-state index >= 15 is 0 Å². The highest BCUT2D eigenvalue weighted by Crippen LogP contribution is 2.10. The topological polar surface area (TPSA) is 72.8 Å². The lowest BCUT2D eigenvalue weighted by Crippen LogP contribution is -2.10. The molecule has 0 N–H and O–H groups in total. The molecule has 0 fully saturated rings. The van der Waals surface area contributed by atoms with Crippen LogP contribution < -0.4 is 0 Å². The molecule has 0 saturated carbocycles. The van der Waals surface area contributed by atoms with E-state index in [1.165, 1.54) is 12.4 Å². The molecule has 5 heteroatoms. The van der Waals surface area contributed by atoms with Crippen molar-refractivity contribution in [1.29, 1.82) is 0 Å². The number of ketones is 2. The van der Waals surface area contributed by atoms with Crippen LogP contribution in [0.1, 0.15) is 32.1 Å². The van der Waals surface area contributed by atoms with Crippen LogP contribution in [0.4, 0.5) is 0 Å². The molecule has 0 aliphatic rings. The van der Waals surface area contributed by atoms with Gasteiger partial charge in [-0.25, -0.2) is 4.98 Å². The molecule has 22 heavy (non-hydrogen) atoms. The summed E-state index contributed by atoms with van der Waals surface area (Å²) < 4.78 is 0. The van der Waals surface area contributed by atoms with Crippen molar-refractivity contribution < 1.29 is 9.59 Å². The van der Waals surface area contributed by atoms with Crippen LogP contribution in [-0.2, 0) is 0 Å². The molecule has 3 aromatic heterocycles. The van der Waals surface area contributed by atoms with E-state index in [0.29, 0.717) is 11.1 Å². The van der Waals surface area contributed by atoms with Crippen LogP contribution in [0.5, 0.6) is 0 Å². The molecule has 0 unspecified atom stereocenters. The van der Waals surface area contributed by atoms with E-state index in [1.54, 1.807) is 54.9 Å². The van der Waals surface area contributed by atoms with Gasteiger partial charge in [0.1, 0.15) is 11.4 Å². The van der Waals surface area contributed by atoms with E-state index in [1.807, 2.05) is 0 Å². The smallest absolute Gasteiger partial charge is 0.212 e. The van der Waals surface area contributed by atoms with Crippen LogP contribution in [0.15, 0.2) is 67.3 Å². The van der Waals surface area contributed by atoms with Gasteiger partial charge < -0.3 is 0 Å². The summed E-state index contributed by atoms with van der Waals surface area (Å²) in [6.07, 6.45) is 6.12. The molecular weight excluding hydrogens is 278 g/mol. The Bertz CT molecular complexity index is 751. The van der Waals surface area contributed by atoms with Gasteiger partial charge in [0.05, 0.1) is 0 Å². The maximum atomic E-state index is 12.3. The highest BCUT2D eigenvalue weighted by molar-refractivity contribution is 6.10. The molecule has 0 atom stereocenters. The number of carbonyl (C=O) groups excluding carboxylic acids is 2. The van der Waals surface area contributed by atoms with Crippen LogP contribution in [0.2, 0.25) is 0 Å². The molecule has 0 saturated heterocycles. The summed E-state index contributed by atoms with van der Waals surface area (Å²) >= 11 is 0. The van der Waals surface area contributed by atoms with Crippen LogP contribution in [0, 0.1) is 0 Å². The number of nitrogens with zero attached hydrogens (tertiary/aromatic N) is 3. The van der Waals surface area contributed by atoms with Gasteiger partial charge in [-0.3, -0.25) is 19.6 Å². The Labute approximate surface area is 126 Å². The van der Waals surface area contributed by atoms with Crippen LogP contribution >= 0.6 is 0 Å². The SMILES string of the molecule is O=C(c1cccnc1)c1cccc(C(=O)c2cccnc2)n1. The standard InChI is InChI=1S/C17H11N3O2/c21-16(12-4-2-8-18-10-12)14-6-1-7-15(20-14)17(22)13-5-3-9-19-11-13/h1-11H. The Morgan fingerprint density at radius 2 is 1.18 bits per heavy atom. The molecule has 0 radical (unpaired) electrons. The van der Waals surface area contributed by atoms with Gasteiger partial charge in [-0.2, -0.15) is 0 Å². The van der Waals surface area contributed by atoms with E-state index in [0.717, 1.165) is 0 Å². The van der Waals surface area contributed by atoms with Gasteiger partial charge in [-0.1, -0.05) is 6.07 Å². The minimum atomic E-state index is -0.270. The fraction of sp³-hybridized carbons (Fsp3) is 0. The van der Waals surface area contributed by atoms with Crippen molar-refractivity contribution in [2.45, 2.75) is 0 Å². The van der Waals surface area contributed by atoms with Gasteiger partial charge in [0, 0.05) is 35.9 Å². The highest BCUT2D eigenvalue weighted by atomic mass is 16.1. The number of carbonyl (C=O) groups is 2.